The molecule has 0 spiro atoms. The first-order valence-corrected chi connectivity index (χ1v) is 11.4. The van der Waals surface area contributed by atoms with Crippen molar-refractivity contribution in [3.8, 4) is 28.5 Å². The highest BCUT2D eigenvalue weighted by atomic mass is 16.2. The van der Waals surface area contributed by atoms with E-state index < -0.39 is 5.41 Å². The summed E-state index contributed by atoms with van der Waals surface area (Å²) in [5.41, 5.74) is 6.53. The van der Waals surface area contributed by atoms with E-state index in [-0.39, 0.29) is 5.91 Å². The van der Waals surface area contributed by atoms with Crippen LogP contribution in [0.3, 0.4) is 0 Å². The number of nitriles is 1. The summed E-state index contributed by atoms with van der Waals surface area (Å²) >= 11 is 0. The molecular weight excluding hydrogens is 434 g/mol. The lowest BCUT2D eigenvalue weighted by Crippen LogP contribution is -2.21. The van der Waals surface area contributed by atoms with E-state index in [0.717, 1.165) is 49.8 Å². The molecule has 0 saturated carbocycles. The second-order valence-corrected chi connectivity index (χ2v) is 9.45. The SMILES string of the molecule is CN(C)C(=O)c1cccc(-c2ccc3ncc4[nH]nc(-c5ccc(C(C)(C)C#N)cc5)c4c3c2)c1. The zero-order valence-electron chi connectivity index (χ0n) is 20.1. The molecular formula is C29H25N5O. The van der Waals surface area contributed by atoms with Crippen molar-refractivity contribution >= 4 is 27.7 Å². The Bertz CT molecular complexity index is 1620. The molecule has 6 nitrogen and oxygen atoms in total. The molecule has 0 fully saturated rings. The molecule has 1 amide bonds. The Labute approximate surface area is 203 Å². The van der Waals surface area contributed by atoms with Gasteiger partial charge in [0.1, 0.15) is 5.69 Å². The van der Waals surface area contributed by atoms with E-state index in [1.54, 1.807) is 25.2 Å². The number of amides is 1. The van der Waals surface area contributed by atoms with Gasteiger partial charge in [-0.2, -0.15) is 10.4 Å². The largest absolute Gasteiger partial charge is 0.345 e. The second-order valence-electron chi connectivity index (χ2n) is 9.45. The Hall–Kier alpha value is -4.50. The molecule has 0 aliphatic carbocycles. The van der Waals surface area contributed by atoms with E-state index in [0.29, 0.717) is 5.56 Å². The number of nitrogens with one attached hydrogen (secondary N) is 1. The molecule has 5 rings (SSSR count). The summed E-state index contributed by atoms with van der Waals surface area (Å²) in [5.74, 6) is -0.0307. The molecule has 2 aromatic heterocycles. The van der Waals surface area contributed by atoms with Crippen LogP contribution in [0.15, 0.2) is 72.9 Å². The first kappa shape index (κ1) is 22.3. The van der Waals surface area contributed by atoms with Crippen LogP contribution in [-0.4, -0.2) is 40.1 Å². The molecule has 0 aliphatic rings. The highest BCUT2D eigenvalue weighted by Crippen LogP contribution is 2.35. The maximum Gasteiger partial charge on any atom is 0.253 e. The molecule has 35 heavy (non-hydrogen) atoms. The van der Waals surface area contributed by atoms with Crippen molar-refractivity contribution in [1.82, 2.24) is 20.1 Å². The van der Waals surface area contributed by atoms with Gasteiger partial charge in [-0.15, -0.1) is 0 Å². The Morgan fingerprint density at radius 2 is 1.69 bits per heavy atom. The van der Waals surface area contributed by atoms with E-state index in [1.807, 2.05) is 74.5 Å². The Morgan fingerprint density at radius 3 is 2.40 bits per heavy atom. The number of nitrogens with zero attached hydrogens (tertiary/aromatic N) is 4. The zero-order valence-corrected chi connectivity index (χ0v) is 20.1. The number of hydrogen-bond acceptors (Lipinski definition) is 4. The number of carbonyl (C=O) groups is 1. The fourth-order valence-corrected chi connectivity index (χ4v) is 4.29. The minimum Gasteiger partial charge on any atom is -0.345 e. The predicted octanol–water partition coefficient (Wildman–Crippen LogP) is 5.95. The molecule has 5 aromatic rings. The van der Waals surface area contributed by atoms with Crippen LogP contribution in [0, 0.1) is 11.3 Å². The van der Waals surface area contributed by atoms with Crippen molar-refractivity contribution in [2.45, 2.75) is 19.3 Å². The minimum absolute atomic E-state index is 0.0307. The molecule has 0 radical (unpaired) electrons. The zero-order chi connectivity index (χ0) is 24.7. The summed E-state index contributed by atoms with van der Waals surface area (Å²) < 4.78 is 0. The number of aromatic amines is 1. The highest BCUT2D eigenvalue weighted by molar-refractivity contribution is 6.12. The first-order valence-electron chi connectivity index (χ1n) is 11.4. The summed E-state index contributed by atoms with van der Waals surface area (Å²) in [7, 11) is 3.50. The van der Waals surface area contributed by atoms with Gasteiger partial charge in [-0.05, 0) is 54.8 Å². The van der Waals surface area contributed by atoms with Crippen LogP contribution >= 0.6 is 0 Å². The number of aromatic nitrogens is 3. The van der Waals surface area contributed by atoms with E-state index in [4.69, 9.17) is 0 Å². The van der Waals surface area contributed by atoms with Gasteiger partial charge in [0.15, 0.2) is 0 Å². The molecule has 1 N–H and O–H groups in total. The number of pyridine rings is 1. The van der Waals surface area contributed by atoms with Gasteiger partial charge in [-0.3, -0.25) is 14.9 Å². The van der Waals surface area contributed by atoms with Gasteiger partial charge in [0.25, 0.3) is 5.91 Å². The van der Waals surface area contributed by atoms with Crippen LogP contribution in [0.1, 0.15) is 29.8 Å². The summed E-state index contributed by atoms with van der Waals surface area (Å²) in [6.45, 7) is 3.82. The van der Waals surface area contributed by atoms with Crippen LogP contribution in [-0.2, 0) is 5.41 Å². The number of rotatable bonds is 4. The summed E-state index contributed by atoms with van der Waals surface area (Å²) in [5, 5.41) is 19.2. The van der Waals surface area contributed by atoms with Gasteiger partial charge in [-0.25, -0.2) is 0 Å². The second kappa shape index (κ2) is 8.37. The quantitative estimate of drug-likeness (QED) is 0.360. The van der Waals surface area contributed by atoms with E-state index in [9.17, 15) is 10.1 Å². The van der Waals surface area contributed by atoms with Gasteiger partial charge < -0.3 is 4.90 Å². The molecule has 2 heterocycles. The standard InChI is InChI=1S/C29H25N5O/c1-29(2,17-30)22-11-8-18(9-12-22)27-26-23-15-20(10-13-24(23)31-16-25(26)32-33-27)19-6-5-7-21(14-19)28(35)34(3)4/h5-16H,1-4H3,(H,32,33). The maximum atomic E-state index is 12.5. The topological polar surface area (TPSA) is 85.7 Å². The van der Waals surface area contributed by atoms with Gasteiger partial charge in [0.2, 0.25) is 0 Å². The fraction of sp³-hybridized carbons (Fsp3) is 0.172. The molecule has 0 atom stereocenters. The van der Waals surface area contributed by atoms with E-state index >= 15 is 0 Å². The van der Waals surface area contributed by atoms with Gasteiger partial charge in [0, 0.05) is 36.0 Å². The predicted molar refractivity (Wildman–Crippen MR) is 139 cm³/mol. The van der Waals surface area contributed by atoms with Gasteiger partial charge in [0.05, 0.1) is 28.7 Å². The number of carbonyl (C=O) groups excluding carboxylic acids is 1. The lowest BCUT2D eigenvalue weighted by atomic mass is 9.86. The Kier molecular flexibility index (Phi) is 5.33. The number of H-pyrrole nitrogens is 1. The number of hydrogen-bond donors (Lipinski definition) is 1. The Morgan fingerprint density at radius 1 is 0.971 bits per heavy atom. The minimum atomic E-state index is -0.555. The molecule has 172 valence electrons. The van der Waals surface area contributed by atoms with Crippen LogP contribution in [0.4, 0.5) is 0 Å². The highest BCUT2D eigenvalue weighted by Gasteiger charge is 2.20. The number of fused-ring (bicyclic) bond motifs is 3. The fourth-order valence-electron chi connectivity index (χ4n) is 4.29. The van der Waals surface area contributed by atoms with Crippen molar-refractivity contribution in [1.29, 1.82) is 5.26 Å². The van der Waals surface area contributed by atoms with Crippen LogP contribution < -0.4 is 0 Å². The maximum absolute atomic E-state index is 12.5. The Balaban J connectivity index is 1.65. The molecule has 0 unspecified atom stereocenters. The molecule has 0 bridgehead atoms. The molecule has 0 aliphatic heterocycles. The van der Waals surface area contributed by atoms with Crippen LogP contribution in [0.25, 0.3) is 44.2 Å². The monoisotopic (exact) mass is 459 g/mol. The van der Waals surface area contributed by atoms with Gasteiger partial charge in [-0.1, -0.05) is 42.5 Å². The van der Waals surface area contributed by atoms with Crippen molar-refractivity contribution in [3.05, 3.63) is 84.1 Å². The number of benzene rings is 3. The first-order chi connectivity index (χ1) is 16.8. The lowest BCUT2D eigenvalue weighted by molar-refractivity contribution is 0.0827. The third-order valence-corrected chi connectivity index (χ3v) is 6.40. The third-order valence-electron chi connectivity index (χ3n) is 6.40. The van der Waals surface area contributed by atoms with E-state index in [1.165, 1.54) is 0 Å². The summed E-state index contributed by atoms with van der Waals surface area (Å²) in [6, 6.07) is 24.1. The van der Waals surface area contributed by atoms with Gasteiger partial charge >= 0.3 is 0 Å². The average Bonchev–Trinajstić information content (AvgIpc) is 3.33. The average molecular weight is 460 g/mol. The normalized spacial score (nSPS) is 11.5. The smallest absolute Gasteiger partial charge is 0.253 e. The van der Waals surface area contributed by atoms with Crippen molar-refractivity contribution in [2.24, 2.45) is 0 Å². The van der Waals surface area contributed by atoms with Crippen molar-refractivity contribution in [2.75, 3.05) is 14.1 Å². The lowest BCUT2D eigenvalue weighted by Gasteiger charge is -2.15. The summed E-state index contributed by atoms with van der Waals surface area (Å²) in [4.78, 5) is 18.7. The van der Waals surface area contributed by atoms with Crippen molar-refractivity contribution < 1.29 is 4.79 Å². The molecule has 0 saturated heterocycles. The van der Waals surface area contributed by atoms with Crippen molar-refractivity contribution in [3.63, 3.8) is 0 Å². The van der Waals surface area contributed by atoms with Crippen LogP contribution in [0.5, 0.6) is 0 Å². The third kappa shape index (κ3) is 3.91. The molecule has 3 aromatic carbocycles. The van der Waals surface area contributed by atoms with Crippen LogP contribution in [0.2, 0.25) is 0 Å². The molecule has 6 heteroatoms. The van der Waals surface area contributed by atoms with E-state index in [2.05, 4.69) is 27.3 Å². The summed E-state index contributed by atoms with van der Waals surface area (Å²) in [6.07, 6.45) is 1.80.